The molecule has 1 aromatic carbocycles. The van der Waals surface area contributed by atoms with Crippen molar-refractivity contribution in [1.29, 1.82) is 5.26 Å². The molecular weight excluding hydrogens is 296 g/mol. The number of nitriles is 1. The normalized spacial score (nSPS) is 9.61. The Balaban J connectivity index is 2.27. The van der Waals surface area contributed by atoms with Gasteiger partial charge < -0.3 is 9.47 Å². The molecule has 0 unspecified atom stereocenters. The molecule has 2 rings (SSSR count). The number of ether oxygens (including phenoxy) is 2. The predicted octanol–water partition coefficient (Wildman–Crippen LogP) is 3.52. The molecule has 0 fully saturated rings. The molecular formula is C13H9BrN2O2. The van der Waals surface area contributed by atoms with Crippen LogP contribution in [0.1, 0.15) is 5.69 Å². The molecule has 0 aliphatic rings. The molecule has 4 nitrogen and oxygen atoms in total. The zero-order chi connectivity index (χ0) is 13.0. The summed E-state index contributed by atoms with van der Waals surface area (Å²) in [4.78, 5) is 3.97. The molecule has 0 atom stereocenters. The van der Waals surface area contributed by atoms with E-state index in [9.17, 15) is 0 Å². The van der Waals surface area contributed by atoms with E-state index in [4.69, 9.17) is 14.7 Å². The van der Waals surface area contributed by atoms with Gasteiger partial charge in [0.15, 0.2) is 11.4 Å². The number of benzene rings is 1. The van der Waals surface area contributed by atoms with Crippen LogP contribution >= 0.6 is 15.9 Å². The first kappa shape index (κ1) is 12.4. The number of nitrogens with zero attached hydrogens (tertiary/aromatic N) is 2. The predicted molar refractivity (Wildman–Crippen MR) is 69.7 cm³/mol. The van der Waals surface area contributed by atoms with Crippen molar-refractivity contribution in [3.8, 4) is 23.3 Å². The second kappa shape index (κ2) is 5.52. The van der Waals surface area contributed by atoms with Crippen LogP contribution in [0.2, 0.25) is 0 Å². The van der Waals surface area contributed by atoms with Crippen molar-refractivity contribution in [3.63, 3.8) is 0 Å². The molecule has 1 heterocycles. The van der Waals surface area contributed by atoms with E-state index in [1.54, 1.807) is 43.6 Å². The molecule has 0 N–H and O–H groups in total. The lowest BCUT2D eigenvalue weighted by Gasteiger charge is -2.07. The summed E-state index contributed by atoms with van der Waals surface area (Å²) in [7, 11) is 1.60. The molecule has 1 aromatic heterocycles. The molecule has 18 heavy (non-hydrogen) atoms. The van der Waals surface area contributed by atoms with Crippen molar-refractivity contribution in [2.75, 3.05) is 7.11 Å². The molecule has 0 amide bonds. The summed E-state index contributed by atoms with van der Waals surface area (Å²) in [5.41, 5.74) is 0.244. The minimum atomic E-state index is 0.244. The van der Waals surface area contributed by atoms with Gasteiger partial charge in [0.2, 0.25) is 0 Å². The van der Waals surface area contributed by atoms with E-state index in [-0.39, 0.29) is 5.69 Å². The molecule has 5 heteroatoms. The standard InChI is InChI=1S/C13H9BrN2O2/c1-17-10-2-4-11(5-3-10)18-13-6-9(14)8-16-12(13)7-15/h2-6,8H,1H3. The van der Waals surface area contributed by atoms with Gasteiger partial charge in [0.05, 0.1) is 7.11 Å². The van der Waals surface area contributed by atoms with Crippen molar-refractivity contribution < 1.29 is 9.47 Å². The molecule has 0 radical (unpaired) electrons. The molecule has 0 bridgehead atoms. The minimum absolute atomic E-state index is 0.244. The summed E-state index contributed by atoms with van der Waals surface area (Å²) >= 11 is 3.29. The number of rotatable bonds is 3. The van der Waals surface area contributed by atoms with Crippen LogP contribution in [0, 0.1) is 11.3 Å². The second-order valence-electron chi connectivity index (χ2n) is 3.39. The number of halogens is 1. The van der Waals surface area contributed by atoms with Gasteiger partial charge in [-0.1, -0.05) is 0 Å². The van der Waals surface area contributed by atoms with Gasteiger partial charge in [-0.05, 0) is 46.3 Å². The Morgan fingerprint density at radius 2 is 1.89 bits per heavy atom. The molecule has 0 saturated heterocycles. The summed E-state index contributed by atoms with van der Waals surface area (Å²) in [5, 5.41) is 8.94. The van der Waals surface area contributed by atoms with E-state index in [0.717, 1.165) is 10.2 Å². The van der Waals surface area contributed by atoms with Gasteiger partial charge >= 0.3 is 0 Å². The maximum atomic E-state index is 8.94. The highest BCUT2D eigenvalue weighted by Crippen LogP contribution is 2.27. The average molecular weight is 305 g/mol. The van der Waals surface area contributed by atoms with Crippen LogP contribution in [-0.4, -0.2) is 12.1 Å². The lowest BCUT2D eigenvalue weighted by molar-refractivity contribution is 0.412. The third kappa shape index (κ3) is 2.79. The van der Waals surface area contributed by atoms with Crippen LogP contribution < -0.4 is 9.47 Å². The first-order valence-electron chi connectivity index (χ1n) is 5.10. The van der Waals surface area contributed by atoms with Gasteiger partial charge in [-0.25, -0.2) is 4.98 Å². The van der Waals surface area contributed by atoms with Crippen LogP contribution in [0.15, 0.2) is 41.0 Å². The van der Waals surface area contributed by atoms with Crippen molar-refractivity contribution in [1.82, 2.24) is 4.98 Å². The Kier molecular flexibility index (Phi) is 3.80. The number of hydrogen-bond acceptors (Lipinski definition) is 4. The Hall–Kier alpha value is -2.06. The van der Waals surface area contributed by atoms with E-state index >= 15 is 0 Å². The summed E-state index contributed by atoms with van der Waals surface area (Å²) < 4.78 is 11.4. The Labute approximate surface area is 113 Å². The van der Waals surface area contributed by atoms with Gasteiger partial charge in [-0.3, -0.25) is 0 Å². The number of methoxy groups -OCH3 is 1. The van der Waals surface area contributed by atoms with Gasteiger partial charge in [0, 0.05) is 10.7 Å². The number of hydrogen-bond donors (Lipinski definition) is 0. The summed E-state index contributed by atoms with van der Waals surface area (Å²) in [5.74, 6) is 1.78. The fraction of sp³-hybridized carbons (Fsp3) is 0.0769. The Morgan fingerprint density at radius 3 is 2.50 bits per heavy atom. The largest absolute Gasteiger partial charge is 0.497 e. The zero-order valence-corrected chi connectivity index (χ0v) is 11.1. The molecule has 90 valence electrons. The third-order valence-corrected chi connectivity index (χ3v) is 2.65. The second-order valence-corrected chi connectivity index (χ2v) is 4.31. The first-order chi connectivity index (χ1) is 8.72. The van der Waals surface area contributed by atoms with Gasteiger partial charge in [0.1, 0.15) is 17.6 Å². The van der Waals surface area contributed by atoms with E-state index in [1.807, 2.05) is 6.07 Å². The summed E-state index contributed by atoms with van der Waals surface area (Å²) in [6.07, 6.45) is 1.55. The highest BCUT2D eigenvalue weighted by Gasteiger charge is 2.07. The lowest BCUT2D eigenvalue weighted by atomic mass is 10.3. The molecule has 0 spiro atoms. The molecule has 2 aromatic rings. The van der Waals surface area contributed by atoms with E-state index in [1.165, 1.54) is 0 Å². The van der Waals surface area contributed by atoms with Crippen LogP contribution in [-0.2, 0) is 0 Å². The number of aromatic nitrogens is 1. The number of pyridine rings is 1. The maximum Gasteiger partial charge on any atom is 0.183 e. The van der Waals surface area contributed by atoms with Crippen molar-refractivity contribution in [3.05, 3.63) is 46.7 Å². The highest BCUT2D eigenvalue weighted by atomic mass is 79.9. The fourth-order valence-corrected chi connectivity index (χ4v) is 1.66. The van der Waals surface area contributed by atoms with Crippen LogP contribution in [0.5, 0.6) is 17.2 Å². The van der Waals surface area contributed by atoms with E-state index in [0.29, 0.717) is 11.5 Å². The average Bonchev–Trinajstić information content (AvgIpc) is 2.40. The lowest BCUT2D eigenvalue weighted by Crippen LogP contribution is -1.91. The van der Waals surface area contributed by atoms with E-state index < -0.39 is 0 Å². The highest BCUT2D eigenvalue weighted by molar-refractivity contribution is 9.10. The Bertz CT molecular complexity index is 591. The fourth-order valence-electron chi connectivity index (χ4n) is 1.35. The minimum Gasteiger partial charge on any atom is -0.497 e. The quantitative estimate of drug-likeness (QED) is 0.870. The smallest absolute Gasteiger partial charge is 0.183 e. The molecule has 0 aliphatic carbocycles. The SMILES string of the molecule is COc1ccc(Oc2cc(Br)cnc2C#N)cc1. The monoisotopic (exact) mass is 304 g/mol. The first-order valence-corrected chi connectivity index (χ1v) is 5.90. The maximum absolute atomic E-state index is 8.94. The third-order valence-electron chi connectivity index (χ3n) is 2.21. The van der Waals surface area contributed by atoms with Crippen LogP contribution in [0.3, 0.4) is 0 Å². The van der Waals surface area contributed by atoms with Crippen molar-refractivity contribution >= 4 is 15.9 Å². The van der Waals surface area contributed by atoms with Crippen LogP contribution in [0.4, 0.5) is 0 Å². The van der Waals surface area contributed by atoms with Gasteiger partial charge in [-0.15, -0.1) is 0 Å². The van der Waals surface area contributed by atoms with Gasteiger partial charge in [-0.2, -0.15) is 5.26 Å². The van der Waals surface area contributed by atoms with Crippen molar-refractivity contribution in [2.45, 2.75) is 0 Å². The summed E-state index contributed by atoms with van der Waals surface area (Å²) in [6.45, 7) is 0. The summed E-state index contributed by atoms with van der Waals surface area (Å²) in [6, 6.07) is 10.8. The molecule has 0 saturated carbocycles. The van der Waals surface area contributed by atoms with Crippen molar-refractivity contribution in [2.24, 2.45) is 0 Å². The van der Waals surface area contributed by atoms with E-state index in [2.05, 4.69) is 20.9 Å². The molecule has 0 aliphatic heterocycles. The zero-order valence-electron chi connectivity index (χ0n) is 9.55. The topological polar surface area (TPSA) is 55.1 Å². The van der Waals surface area contributed by atoms with Gasteiger partial charge in [0.25, 0.3) is 0 Å². The van der Waals surface area contributed by atoms with Crippen LogP contribution in [0.25, 0.3) is 0 Å². The Morgan fingerprint density at radius 1 is 1.22 bits per heavy atom.